The van der Waals surface area contributed by atoms with Crippen LogP contribution in [0.25, 0.3) is 0 Å². The van der Waals surface area contributed by atoms with Gasteiger partial charge in [-0.25, -0.2) is 4.98 Å². The number of carbonyl (C=O) groups excluding carboxylic acids is 1. The summed E-state index contributed by atoms with van der Waals surface area (Å²) in [6.07, 6.45) is 2.49. The van der Waals surface area contributed by atoms with Gasteiger partial charge in [0.1, 0.15) is 17.5 Å². The number of nitrogens with one attached hydrogen (secondary N) is 1. The van der Waals surface area contributed by atoms with E-state index in [2.05, 4.69) is 36.3 Å². The van der Waals surface area contributed by atoms with Crippen LogP contribution < -0.4 is 5.32 Å². The maximum atomic E-state index is 12.4. The Hall–Kier alpha value is -2.48. The van der Waals surface area contributed by atoms with Crippen LogP contribution in [0, 0.1) is 0 Å². The summed E-state index contributed by atoms with van der Waals surface area (Å²) in [4.78, 5) is 18.5. The third-order valence-electron chi connectivity index (χ3n) is 5.69. The highest BCUT2D eigenvalue weighted by atomic mass is 16.3. The summed E-state index contributed by atoms with van der Waals surface area (Å²) >= 11 is 0. The lowest BCUT2D eigenvalue weighted by atomic mass is 9.93. The number of hydrogen-bond donors (Lipinski definition) is 4. The van der Waals surface area contributed by atoms with E-state index in [1.807, 2.05) is 17.0 Å². The molecule has 1 aromatic carbocycles. The highest BCUT2D eigenvalue weighted by Crippen LogP contribution is 2.20. The van der Waals surface area contributed by atoms with E-state index in [9.17, 15) is 20.1 Å². The predicted octanol–water partition coefficient (Wildman–Crippen LogP) is 2.09. The fourth-order valence-corrected chi connectivity index (χ4v) is 3.97. The van der Waals surface area contributed by atoms with Crippen LogP contribution in [0.1, 0.15) is 55.3 Å². The summed E-state index contributed by atoms with van der Waals surface area (Å²) in [7, 11) is 0. The lowest BCUT2D eigenvalue weighted by Gasteiger charge is -2.28. The number of β-amino-alcohol motifs (C(OH)–C–C–N with tert-alkyl or cyclic N) is 1. The second-order valence-electron chi connectivity index (χ2n) is 8.90. The Balaban J connectivity index is 1.56. The van der Waals surface area contributed by atoms with E-state index in [0.717, 1.165) is 43.5 Å². The molecule has 31 heavy (non-hydrogen) atoms. The Morgan fingerprint density at radius 3 is 2.61 bits per heavy atom. The number of aromatic nitrogens is 1. The molecule has 1 saturated heterocycles. The van der Waals surface area contributed by atoms with Gasteiger partial charge < -0.3 is 25.5 Å². The average molecular weight is 428 g/mol. The number of aliphatic hydroxyl groups is 2. The van der Waals surface area contributed by atoms with Gasteiger partial charge >= 0.3 is 0 Å². The fourth-order valence-electron chi connectivity index (χ4n) is 3.97. The van der Waals surface area contributed by atoms with Crippen LogP contribution in [0.4, 0.5) is 0 Å². The normalized spacial score (nSPS) is 15.3. The Morgan fingerprint density at radius 1 is 1.19 bits per heavy atom. The predicted molar refractivity (Wildman–Crippen MR) is 119 cm³/mol. The first-order valence-corrected chi connectivity index (χ1v) is 10.9. The Labute approximate surface area is 183 Å². The van der Waals surface area contributed by atoms with Gasteiger partial charge in [0, 0.05) is 25.2 Å². The van der Waals surface area contributed by atoms with Gasteiger partial charge in [-0.2, -0.15) is 0 Å². The summed E-state index contributed by atoms with van der Waals surface area (Å²) in [5, 5.41) is 32.7. The van der Waals surface area contributed by atoms with Crippen molar-refractivity contribution in [2.24, 2.45) is 0 Å². The average Bonchev–Trinajstić information content (AvgIpc) is 3.27. The van der Waals surface area contributed by atoms with Gasteiger partial charge in [0.15, 0.2) is 0 Å². The number of rotatable bonds is 9. The summed E-state index contributed by atoms with van der Waals surface area (Å²) < 4.78 is 0. The Morgan fingerprint density at radius 2 is 1.90 bits per heavy atom. The second kappa shape index (κ2) is 10.2. The number of pyridine rings is 1. The lowest BCUT2D eigenvalue weighted by Crippen LogP contribution is -2.43. The van der Waals surface area contributed by atoms with Crippen molar-refractivity contribution in [2.75, 3.05) is 19.6 Å². The molecule has 0 spiro atoms. The molecule has 0 radical (unpaired) electrons. The maximum absolute atomic E-state index is 12.4. The third kappa shape index (κ3) is 6.50. The molecule has 7 nitrogen and oxygen atoms in total. The largest absolute Gasteiger partial charge is 0.506 e. The van der Waals surface area contributed by atoms with Gasteiger partial charge in [-0.15, -0.1) is 0 Å². The topological polar surface area (TPSA) is 106 Å². The minimum absolute atomic E-state index is 0.0881. The molecule has 0 aliphatic carbocycles. The van der Waals surface area contributed by atoms with E-state index in [0.29, 0.717) is 12.1 Å². The van der Waals surface area contributed by atoms with E-state index in [4.69, 9.17) is 0 Å². The van der Waals surface area contributed by atoms with Crippen LogP contribution in [0.3, 0.4) is 0 Å². The number of aromatic hydroxyl groups is 1. The molecule has 2 aromatic rings. The molecule has 3 rings (SSSR count). The summed E-state index contributed by atoms with van der Waals surface area (Å²) in [6.45, 7) is 5.75. The monoisotopic (exact) mass is 427 g/mol. The van der Waals surface area contributed by atoms with Crippen LogP contribution in [0.15, 0.2) is 36.4 Å². The minimum Gasteiger partial charge on any atom is -0.506 e. The first-order chi connectivity index (χ1) is 14.8. The quantitative estimate of drug-likeness (QED) is 0.488. The summed E-state index contributed by atoms with van der Waals surface area (Å²) in [6, 6.07) is 11.1. The smallest absolute Gasteiger partial charge is 0.226 e. The Bertz CT molecular complexity index is 894. The van der Waals surface area contributed by atoms with Crippen LogP contribution in [0.2, 0.25) is 0 Å². The van der Waals surface area contributed by atoms with Crippen LogP contribution in [0.5, 0.6) is 5.75 Å². The number of nitrogens with zero attached hydrogens (tertiary/aromatic N) is 2. The molecule has 1 aliphatic heterocycles. The second-order valence-corrected chi connectivity index (χ2v) is 8.90. The first kappa shape index (κ1) is 23.2. The highest BCUT2D eigenvalue weighted by molar-refractivity contribution is 5.79. The van der Waals surface area contributed by atoms with E-state index >= 15 is 0 Å². The van der Waals surface area contributed by atoms with Crippen LogP contribution in [-0.4, -0.2) is 56.3 Å². The number of aliphatic hydroxyl groups excluding tert-OH is 2. The minimum atomic E-state index is -0.866. The maximum Gasteiger partial charge on any atom is 0.226 e. The SMILES string of the molecule is CC(C)(Cc1cccc(CC(=O)N2CCCC2)c1)NCC(O)c1ccc(O)c(CO)n1. The molecule has 1 aliphatic rings. The molecule has 0 bridgehead atoms. The zero-order chi connectivity index (χ0) is 22.4. The van der Waals surface area contributed by atoms with E-state index < -0.39 is 6.10 Å². The van der Waals surface area contributed by atoms with E-state index in [1.165, 1.54) is 6.07 Å². The zero-order valence-electron chi connectivity index (χ0n) is 18.3. The van der Waals surface area contributed by atoms with Crippen molar-refractivity contribution < 1.29 is 20.1 Å². The number of carbonyl (C=O) groups is 1. The molecule has 0 saturated carbocycles. The molecule has 4 N–H and O–H groups in total. The third-order valence-corrected chi connectivity index (χ3v) is 5.69. The zero-order valence-corrected chi connectivity index (χ0v) is 18.3. The molecule has 1 unspecified atom stereocenters. The molecule has 2 heterocycles. The molecule has 1 amide bonds. The van der Waals surface area contributed by atoms with Crippen LogP contribution >= 0.6 is 0 Å². The molecular weight excluding hydrogens is 394 g/mol. The molecule has 1 atom stereocenters. The van der Waals surface area contributed by atoms with Gasteiger partial charge in [0.2, 0.25) is 5.91 Å². The number of benzene rings is 1. The van der Waals surface area contributed by atoms with E-state index in [1.54, 1.807) is 6.07 Å². The molecule has 7 heteroatoms. The van der Waals surface area contributed by atoms with E-state index in [-0.39, 0.29) is 36.0 Å². The lowest BCUT2D eigenvalue weighted by molar-refractivity contribution is -0.129. The fraction of sp³-hybridized carbons (Fsp3) is 0.500. The highest BCUT2D eigenvalue weighted by Gasteiger charge is 2.22. The van der Waals surface area contributed by atoms with Gasteiger partial charge in [0.25, 0.3) is 0 Å². The van der Waals surface area contributed by atoms with Crippen molar-refractivity contribution in [1.29, 1.82) is 0 Å². The van der Waals surface area contributed by atoms with Gasteiger partial charge in [-0.1, -0.05) is 24.3 Å². The molecule has 1 fully saturated rings. The van der Waals surface area contributed by atoms with Gasteiger partial charge in [-0.3, -0.25) is 4.79 Å². The van der Waals surface area contributed by atoms with Crippen molar-refractivity contribution in [2.45, 2.75) is 57.8 Å². The van der Waals surface area contributed by atoms with Crippen molar-refractivity contribution in [3.8, 4) is 5.75 Å². The number of likely N-dealkylation sites (tertiary alicyclic amines) is 1. The summed E-state index contributed by atoms with van der Waals surface area (Å²) in [5.74, 6) is 0.105. The summed E-state index contributed by atoms with van der Waals surface area (Å²) in [5.41, 5.74) is 2.40. The van der Waals surface area contributed by atoms with Crippen molar-refractivity contribution in [3.05, 3.63) is 58.9 Å². The standard InChI is InChI=1S/C24H33N3O4/c1-24(2,25-15-22(30)19-8-9-21(29)20(16-28)26-19)14-18-7-5-6-17(12-18)13-23(31)27-10-3-4-11-27/h5-9,12,22,25,28-30H,3-4,10-11,13-16H2,1-2H3. The van der Waals surface area contributed by atoms with Crippen molar-refractivity contribution in [3.63, 3.8) is 0 Å². The van der Waals surface area contributed by atoms with Crippen molar-refractivity contribution in [1.82, 2.24) is 15.2 Å². The Kier molecular flexibility index (Phi) is 7.64. The first-order valence-electron chi connectivity index (χ1n) is 10.9. The van der Waals surface area contributed by atoms with Crippen molar-refractivity contribution >= 4 is 5.91 Å². The molecular formula is C24H33N3O4. The molecule has 1 aromatic heterocycles. The van der Waals surface area contributed by atoms with Gasteiger partial charge in [0.05, 0.1) is 18.7 Å². The van der Waals surface area contributed by atoms with Crippen LogP contribution in [-0.2, 0) is 24.2 Å². The van der Waals surface area contributed by atoms with Gasteiger partial charge in [-0.05, 0) is 56.4 Å². The number of amides is 1. The number of hydrogen-bond acceptors (Lipinski definition) is 6. The molecule has 168 valence electrons.